The van der Waals surface area contributed by atoms with Gasteiger partial charge in [0.15, 0.2) is 9.84 Å². The van der Waals surface area contributed by atoms with Gasteiger partial charge in [-0.15, -0.1) is 0 Å². The van der Waals surface area contributed by atoms with Gasteiger partial charge in [-0.25, -0.2) is 8.42 Å². The topological polar surface area (TPSA) is 60.2 Å². The number of hydrogen-bond donors (Lipinski definition) is 1. The summed E-state index contributed by atoms with van der Waals surface area (Å²) in [6, 6.07) is 5.01. The highest BCUT2D eigenvalue weighted by Crippen LogP contribution is 2.35. The monoisotopic (exact) mass is 345 g/mol. The van der Waals surface area contributed by atoms with Crippen LogP contribution in [0.25, 0.3) is 0 Å². The summed E-state index contributed by atoms with van der Waals surface area (Å²) in [7, 11) is -3.29. The summed E-state index contributed by atoms with van der Waals surface area (Å²) in [5.41, 5.74) is 6.20. The van der Waals surface area contributed by atoms with E-state index in [9.17, 15) is 8.42 Å². The molecule has 2 N–H and O–H groups in total. The number of hydrogen-bond acceptors (Lipinski definition) is 3. The number of benzene rings is 1. The molecular formula is C14H20BrNO2S. The highest BCUT2D eigenvalue weighted by molar-refractivity contribution is 9.10. The summed E-state index contributed by atoms with van der Waals surface area (Å²) in [4.78, 5) is 0.288. The predicted octanol–water partition coefficient (Wildman–Crippen LogP) is 3.77. The molecule has 0 bridgehead atoms. The molecule has 1 aromatic rings. The van der Waals surface area contributed by atoms with Crippen LogP contribution < -0.4 is 5.73 Å². The second-order valence-electron chi connectivity index (χ2n) is 5.28. The van der Waals surface area contributed by atoms with E-state index in [2.05, 4.69) is 22.9 Å². The van der Waals surface area contributed by atoms with Crippen molar-refractivity contribution in [2.24, 2.45) is 5.92 Å². The molecule has 19 heavy (non-hydrogen) atoms. The molecule has 0 saturated heterocycles. The molecule has 0 aliphatic heterocycles. The largest absolute Gasteiger partial charge is 0.398 e. The Bertz CT molecular complexity index is 549. The molecule has 2 rings (SSSR count). The van der Waals surface area contributed by atoms with Crippen molar-refractivity contribution in [2.45, 2.75) is 49.2 Å². The van der Waals surface area contributed by atoms with Gasteiger partial charge in [0.1, 0.15) is 0 Å². The van der Waals surface area contributed by atoms with E-state index in [4.69, 9.17) is 5.73 Å². The van der Waals surface area contributed by atoms with Crippen molar-refractivity contribution in [1.82, 2.24) is 0 Å². The average molecular weight is 346 g/mol. The number of nitrogens with two attached hydrogens (primary N) is 1. The Morgan fingerprint density at radius 3 is 2.42 bits per heavy atom. The van der Waals surface area contributed by atoms with Crippen LogP contribution in [0.4, 0.5) is 5.69 Å². The first kappa shape index (κ1) is 14.9. The van der Waals surface area contributed by atoms with Gasteiger partial charge >= 0.3 is 0 Å². The zero-order valence-electron chi connectivity index (χ0n) is 11.1. The SMILES string of the molecule is CCC1CCC(S(=O)(=O)c2ccc(Br)cc2N)CC1. The molecule has 0 spiro atoms. The van der Waals surface area contributed by atoms with Crippen LogP contribution in [0.2, 0.25) is 0 Å². The summed E-state index contributed by atoms with van der Waals surface area (Å²) in [5, 5.41) is -0.265. The maximum atomic E-state index is 12.6. The Labute approximate surface area is 123 Å². The average Bonchev–Trinajstić information content (AvgIpc) is 2.38. The Morgan fingerprint density at radius 2 is 1.89 bits per heavy atom. The van der Waals surface area contributed by atoms with Gasteiger partial charge in [0.05, 0.1) is 15.8 Å². The molecule has 0 aromatic heterocycles. The summed E-state index contributed by atoms with van der Waals surface area (Å²) in [6.07, 6.45) is 4.69. The third-order valence-electron chi connectivity index (χ3n) is 4.09. The molecular weight excluding hydrogens is 326 g/mol. The zero-order valence-corrected chi connectivity index (χ0v) is 13.5. The molecule has 0 unspecified atom stereocenters. The second-order valence-corrected chi connectivity index (χ2v) is 8.39. The molecule has 1 aromatic carbocycles. The number of anilines is 1. The van der Waals surface area contributed by atoms with E-state index >= 15 is 0 Å². The Morgan fingerprint density at radius 1 is 1.26 bits per heavy atom. The quantitative estimate of drug-likeness (QED) is 0.848. The summed E-state index contributed by atoms with van der Waals surface area (Å²) < 4.78 is 26.0. The fourth-order valence-electron chi connectivity index (χ4n) is 2.81. The molecule has 0 atom stereocenters. The van der Waals surface area contributed by atoms with E-state index < -0.39 is 9.84 Å². The first-order chi connectivity index (χ1) is 8.95. The smallest absolute Gasteiger partial charge is 0.183 e. The van der Waals surface area contributed by atoms with Crippen molar-refractivity contribution in [3.05, 3.63) is 22.7 Å². The lowest BCUT2D eigenvalue weighted by molar-refractivity contribution is 0.348. The lowest BCUT2D eigenvalue weighted by Crippen LogP contribution is -2.27. The molecule has 1 saturated carbocycles. The highest BCUT2D eigenvalue weighted by atomic mass is 79.9. The molecule has 5 heteroatoms. The molecule has 3 nitrogen and oxygen atoms in total. The number of nitrogen functional groups attached to an aromatic ring is 1. The molecule has 0 heterocycles. The Balaban J connectivity index is 2.23. The minimum Gasteiger partial charge on any atom is -0.398 e. The van der Waals surface area contributed by atoms with Crippen LogP contribution in [0.5, 0.6) is 0 Å². The molecule has 1 fully saturated rings. The van der Waals surface area contributed by atoms with Crippen LogP contribution in [-0.2, 0) is 9.84 Å². The van der Waals surface area contributed by atoms with E-state index in [1.165, 1.54) is 0 Å². The van der Waals surface area contributed by atoms with Crippen LogP contribution in [-0.4, -0.2) is 13.7 Å². The van der Waals surface area contributed by atoms with Crippen LogP contribution in [0.3, 0.4) is 0 Å². The van der Waals surface area contributed by atoms with Gasteiger partial charge in [-0.2, -0.15) is 0 Å². The second kappa shape index (κ2) is 5.83. The van der Waals surface area contributed by atoms with Gasteiger partial charge in [-0.05, 0) is 49.8 Å². The number of halogens is 1. The maximum absolute atomic E-state index is 12.6. The maximum Gasteiger partial charge on any atom is 0.183 e. The first-order valence-corrected chi connectivity index (χ1v) is 9.08. The van der Waals surface area contributed by atoms with Gasteiger partial charge in [-0.3, -0.25) is 0 Å². The van der Waals surface area contributed by atoms with E-state index in [0.29, 0.717) is 11.6 Å². The molecule has 0 amide bonds. The predicted molar refractivity (Wildman–Crippen MR) is 81.8 cm³/mol. The van der Waals surface area contributed by atoms with Gasteiger partial charge in [0.25, 0.3) is 0 Å². The van der Waals surface area contributed by atoms with Crippen LogP contribution in [0.1, 0.15) is 39.0 Å². The third kappa shape index (κ3) is 3.14. The van der Waals surface area contributed by atoms with E-state index in [-0.39, 0.29) is 10.1 Å². The fourth-order valence-corrected chi connectivity index (χ4v) is 5.08. The normalized spacial score (nSPS) is 24.3. The van der Waals surface area contributed by atoms with E-state index in [1.807, 2.05) is 0 Å². The summed E-state index contributed by atoms with van der Waals surface area (Å²) >= 11 is 3.30. The van der Waals surface area contributed by atoms with Crippen molar-refractivity contribution in [3.8, 4) is 0 Å². The lowest BCUT2D eigenvalue weighted by Gasteiger charge is -2.27. The summed E-state index contributed by atoms with van der Waals surface area (Å²) in [5.74, 6) is 0.689. The third-order valence-corrected chi connectivity index (χ3v) is 6.92. The van der Waals surface area contributed by atoms with Crippen molar-refractivity contribution in [1.29, 1.82) is 0 Å². The standard InChI is InChI=1S/C14H20BrNO2S/c1-2-10-3-6-12(7-4-10)19(17,18)14-8-5-11(15)9-13(14)16/h5,8-10,12H,2-4,6-7,16H2,1H3. The van der Waals surface area contributed by atoms with Crippen molar-refractivity contribution >= 4 is 31.5 Å². The van der Waals surface area contributed by atoms with Crippen molar-refractivity contribution in [3.63, 3.8) is 0 Å². The van der Waals surface area contributed by atoms with Gasteiger partial charge in [0, 0.05) is 4.47 Å². The minimum absolute atomic E-state index is 0.265. The van der Waals surface area contributed by atoms with Crippen LogP contribution >= 0.6 is 15.9 Å². The number of sulfone groups is 1. The molecule has 0 radical (unpaired) electrons. The van der Waals surface area contributed by atoms with Gasteiger partial charge in [0.2, 0.25) is 0 Å². The molecule has 106 valence electrons. The lowest BCUT2D eigenvalue weighted by atomic mass is 9.87. The van der Waals surface area contributed by atoms with Crippen molar-refractivity contribution < 1.29 is 8.42 Å². The Hall–Kier alpha value is -0.550. The number of rotatable bonds is 3. The zero-order chi connectivity index (χ0) is 14.0. The molecule has 1 aliphatic carbocycles. The van der Waals surface area contributed by atoms with Crippen LogP contribution in [0, 0.1) is 5.92 Å². The minimum atomic E-state index is -3.29. The molecule has 1 aliphatic rings. The van der Waals surface area contributed by atoms with Crippen LogP contribution in [0.15, 0.2) is 27.6 Å². The van der Waals surface area contributed by atoms with E-state index in [1.54, 1.807) is 18.2 Å². The van der Waals surface area contributed by atoms with Crippen molar-refractivity contribution in [2.75, 3.05) is 5.73 Å². The summed E-state index contributed by atoms with van der Waals surface area (Å²) in [6.45, 7) is 2.17. The highest BCUT2D eigenvalue weighted by Gasteiger charge is 2.32. The van der Waals surface area contributed by atoms with Gasteiger partial charge in [-0.1, -0.05) is 29.3 Å². The first-order valence-electron chi connectivity index (χ1n) is 6.74. The Kier molecular flexibility index (Phi) is 4.56. The fraction of sp³-hybridized carbons (Fsp3) is 0.571. The van der Waals surface area contributed by atoms with E-state index in [0.717, 1.165) is 36.6 Å². The van der Waals surface area contributed by atoms with Gasteiger partial charge < -0.3 is 5.73 Å².